The first-order valence-electron chi connectivity index (χ1n) is 7.69. The molecule has 1 unspecified atom stereocenters. The van der Waals surface area contributed by atoms with Crippen LogP contribution in [0, 0.1) is 0 Å². The highest BCUT2D eigenvalue weighted by molar-refractivity contribution is 6.00. The van der Waals surface area contributed by atoms with Gasteiger partial charge >= 0.3 is 0 Å². The van der Waals surface area contributed by atoms with Crippen LogP contribution in [0.5, 0.6) is 0 Å². The average Bonchev–Trinajstić information content (AvgIpc) is 2.96. The number of rotatable bonds is 4. The van der Waals surface area contributed by atoms with Crippen LogP contribution in [0.2, 0.25) is 0 Å². The Labute approximate surface area is 124 Å². The predicted octanol–water partition coefficient (Wildman–Crippen LogP) is 1.94. The quantitative estimate of drug-likeness (QED) is 0.934. The monoisotopic (exact) mass is 286 g/mol. The van der Waals surface area contributed by atoms with Crippen LogP contribution in [-0.4, -0.2) is 46.6 Å². The molecule has 0 spiro atoms. The Morgan fingerprint density at radius 1 is 1.43 bits per heavy atom. The Hall–Kier alpha value is -1.88. The number of fused-ring (bicyclic) bond motifs is 1. The molecule has 1 atom stereocenters. The molecule has 3 rings (SSSR count). The van der Waals surface area contributed by atoms with E-state index in [9.17, 15) is 4.79 Å². The molecule has 1 saturated heterocycles. The lowest BCUT2D eigenvalue weighted by Gasteiger charge is -2.35. The fourth-order valence-electron chi connectivity index (χ4n) is 3.13. The number of carbonyl (C=O) groups excluding carboxylic acids is 1. The number of hydrogen-bond acceptors (Lipinski definition) is 3. The van der Waals surface area contributed by atoms with Crippen molar-refractivity contribution in [2.75, 3.05) is 20.1 Å². The molecule has 3 heterocycles. The number of carbonyl (C=O) groups is 1. The first-order chi connectivity index (χ1) is 10.3. The topological polar surface area (TPSA) is 49.6 Å². The zero-order valence-corrected chi connectivity index (χ0v) is 12.5. The molecule has 0 bridgehead atoms. The van der Waals surface area contributed by atoms with Crippen LogP contribution >= 0.6 is 0 Å². The number of amides is 1. The number of pyridine rings is 1. The highest BCUT2D eigenvalue weighted by atomic mass is 16.2. The molecule has 112 valence electrons. The Bertz CT molecular complexity index is 622. The summed E-state index contributed by atoms with van der Waals surface area (Å²) in [4.78, 5) is 14.9. The molecule has 1 fully saturated rings. The standard InChI is InChI=1S/C16H22N4O/c1-17-9-8-13-6-2-4-10-19(13)16(21)14-12-18-20-11-5-3-7-15(14)20/h3,5,7,11-13,17H,2,4,6,8-10H2,1H3. The lowest BCUT2D eigenvalue weighted by atomic mass is 9.98. The zero-order valence-electron chi connectivity index (χ0n) is 12.5. The minimum absolute atomic E-state index is 0.122. The summed E-state index contributed by atoms with van der Waals surface area (Å²) in [7, 11) is 1.96. The summed E-state index contributed by atoms with van der Waals surface area (Å²) in [6, 6.07) is 6.16. The van der Waals surface area contributed by atoms with Crippen LogP contribution in [0.1, 0.15) is 36.0 Å². The van der Waals surface area contributed by atoms with E-state index < -0.39 is 0 Å². The van der Waals surface area contributed by atoms with Crippen molar-refractivity contribution in [2.24, 2.45) is 0 Å². The minimum Gasteiger partial charge on any atom is -0.336 e. The molecule has 1 amide bonds. The van der Waals surface area contributed by atoms with E-state index in [-0.39, 0.29) is 5.91 Å². The van der Waals surface area contributed by atoms with Gasteiger partial charge < -0.3 is 10.2 Å². The number of nitrogens with one attached hydrogen (secondary N) is 1. The summed E-state index contributed by atoms with van der Waals surface area (Å²) < 4.78 is 1.76. The average molecular weight is 286 g/mol. The van der Waals surface area contributed by atoms with Gasteiger partial charge in [-0.1, -0.05) is 6.07 Å². The highest BCUT2D eigenvalue weighted by Gasteiger charge is 2.28. The van der Waals surface area contributed by atoms with Crippen LogP contribution < -0.4 is 5.32 Å². The summed E-state index contributed by atoms with van der Waals surface area (Å²) in [6.07, 6.45) is 8.00. The minimum atomic E-state index is 0.122. The van der Waals surface area contributed by atoms with Crippen molar-refractivity contribution in [2.45, 2.75) is 31.7 Å². The number of likely N-dealkylation sites (tertiary alicyclic amines) is 1. The molecule has 1 aliphatic heterocycles. The first kappa shape index (κ1) is 14.1. The summed E-state index contributed by atoms with van der Waals surface area (Å²) in [5.74, 6) is 0.122. The van der Waals surface area contributed by atoms with Gasteiger partial charge in [-0.3, -0.25) is 4.79 Å². The molecule has 1 N–H and O–H groups in total. The van der Waals surface area contributed by atoms with Gasteiger partial charge in [0.15, 0.2) is 0 Å². The van der Waals surface area contributed by atoms with Crippen LogP contribution in [0.25, 0.3) is 5.52 Å². The molecular formula is C16H22N4O. The van der Waals surface area contributed by atoms with E-state index in [4.69, 9.17) is 0 Å². The van der Waals surface area contributed by atoms with Gasteiger partial charge in [0.25, 0.3) is 5.91 Å². The van der Waals surface area contributed by atoms with E-state index in [2.05, 4.69) is 10.4 Å². The number of aromatic nitrogens is 2. The zero-order chi connectivity index (χ0) is 14.7. The predicted molar refractivity (Wildman–Crippen MR) is 82.4 cm³/mol. The van der Waals surface area contributed by atoms with E-state index in [1.807, 2.05) is 36.3 Å². The molecule has 5 heteroatoms. The Morgan fingerprint density at radius 2 is 2.33 bits per heavy atom. The van der Waals surface area contributed by atoms with Crippen molar-refractivity contribution < 1.29 is 4.79 Å². The van der Waals surface area contributed by atoms with Crippen molar-refractivity contribution in [1.82, 2.24) is 19.8 Å². The molecule has 2 aromatic rings. The normalized spacial score (nSPS) is 19.1. The molecule has 1 aliphatic rings. The van der Waals surface area contributed by atoms with Gasteiger partial charge in [-0.15, -0.1) is 0 Å². The van der Waals surface area contributed by atoms with Crippen molar-refractivity contribution in [1.29, 1.82) is 0 Å². The van der Waals surface area contributed by atoms with Crippen LogP contribution in [0.15, 0.2) is 30.6 Å². The summed E-state index contributed by atoms with van der Waals surface area (Å²) in [5, 5.41) is 7.46. The third-order valence-corrected chi connectivity index (χ3v) is 4.27. The molecule has 0 aliphatic carbocycles. The Kier molecular flexibility index (Phi) is 4.20. The van der Waals surface area contributed by atoms with Crippen molar-refractivity contribution in [3.05, 3.63) is 36.2 Å². The summed E-state index contributed by atoms with van der Waals surface area (Å²) in [6.45, 7) is 1.81. The maximum absolute atomic E-state index is 12.9. The van der Waals surface area contributed by atoms with Gasteiger partial charge in [-0.2, -0.15) is 5.10 Å². The first-order valence-corrected chi connectivity index (χ1v) is 7.69. The van der Waals surface area contributed by atoms with Gasteiger partial charge in [0, 0.05) is 18.8 Å². The second-order valence-electron chi connectivity index (χ2n) is 5.63. The smallest absolute Gasteiger partial charge is 0.257 e. The third-order valence-electron chi connectivity index (χ3n) is 4.27. The molecule has 0 saturated carbocycles. The fraction of sp³-hybridized carbons (Fsp3) is 0.500. The van der Waals surface area contributed by atoms with Gasteiger partial charge in [-0.05, 0) is 51.4 Å². The second kappa shape index (κ2) is 6.26. The highest BCUT2D eigenvalue weighted by Crippen LogP contribution is 2.23. The second-order valence-corrected chi connectivity index (χ2v) is 5.63. The lowest BCUT2D eigenvalue weighted by molar-refractivity contribution is 0.0604. The maximum Gasteiger partial charge on any atom is 0.257 e. The molecule has 0 aromatic carbocycles. The van der Waals surface area contributed by atoms with Crippen LogP contribution in [0.3, 0.4) is 0 Å². The van der Waals surface area contributed by atoms with E-state index in [1.165, 1.54) is 6.42 Å². The molecular weight excluding hydrogens is 264 g/mol. The maximum atomic E-state index is 12.9. The largest absolute Gasteiger partial charge is 0.336 e. The van der Waals surface area contributed by atoms with Crippen molar-refractivity contribution in [3.63, 3.8) is 0 Å². The Balaban J connectivity index is 1.85. The van der Waals surface area contributed by atoms with E-state index in [0.717, 1.165) is 37.9 Å². The fourth-order valence-corrected chi connectivity index (χ4v) is 3.13. The third kappa shape index (κ3) is 2.78. The van der Waals surface area contributed by atoms with Crippen LogP contribution in [-0.2, 0) is 0 Å². The van der Waals surface area contributed by atoms with E-state index in [1.54, 1.807) is 10.7 Å². The molecule has 5 nitrogen and oxygen atoms in total. The number of piperidine rings is 1. The van der Waals surface area contributed by atoms with Crippen molar-refractivity contribution >= 4 is 11.4 Å². The van der Waals surface area contributed by atoms with Gasteiger partial charge in [0.05, 0.1) is 17.3 Å². The van der Waals surface area contributed by atoms with Crippen LogP contribution in [0.4, 0.5) is 0 Å². The SMILES string of the molecule is CNCCC1CCCCN1C(=O)c1cnn2ccccc12. The summed E-state index contributed by atoms with van der Waals surface area (Å²) in [5.41, 5.74) is 1.60. The van der Waals surface area contributed by atoms with E-state index >= 15 is 0 Å². The number of hydrogen-bond donors (Lipinski definition) is 1. The van der Waals surface area contributed by atoms with Crippen molar-refractivity contribution in [3.8, 4) is 0 Å². The lowest BCUT2D eigenvalue weighted by Crippen LogP contribution is -2.44. The van der Waals surface area contributed by atoms with Gasteiger partial charge in [0.1, 0.15) is 0 Å². The molecule has 21 heavy (non-hydrogen) atoms. The Morgan fingerprint density at radius 3 is 3.19 bits per heavy atom. The number of nitrogens with zero attached hydrogens (tertiary/aromatic N) is 3. The van der Waals surface area contributed by atoms with E-state index in [0.29, 0.717) is 11.6 Å². The summed E-state index contributed by atoms with van der Waals surface area (Å²) >= 11 is 0. The van der Waals surface area contributed by atoms with Gasteiger partial charge in [0.2, 0.25) is 0 Å². The van der Waals surface area contributed by atoms with Gasteiger partial charge in [-0.25, -0.2) is 4.52 Å². The molecule has 2 aromatic heterocycles. The molecule has 0 radical (unpaired) electrons.